The van der Waals surface area contributed by atoms with Crippen molar-refractivity contribution in [2.75, 3.05) is 0 Å². The van der Waals surface area contributed by atoms with Gasteiger partial charge in [-0.2, -0.15) is 0 Å². The van der Waals surface area contributed by atoms with E-state index in [4.69, 9.17) is 4.42 Å². The van der Waals surface area contributed by atoms with Gasteiger partial charge in [-0.3, -0.25) is 0 Å². The third-order valence-electron chi connectivity index (χ3n) is 3.10. The van der Waals surface area contributed by atoms with Gasteiger partial charge in [0.1, 0.15) is 11.3 Å². The summed E-state index contributed by atoms with van der Waals surface area (Å²) in [5.41, 5.74) is 3.55. The molecule has 18 heavy (non-hydrogen) atoms. The number of halogens is 1. The smallest absolute Gasteiger partial charge is 0.148 e. The molecule has 1 N–H and O–H groups in total. The number of benzene rings is 1. The summed E-state index contributed by atoms with van der Waals surface area (Å²) >= 11 is 3.59. The molecule has 0 fully saturated rings. The summed E-state index contributed by atoms with van der Waals surface area (Å²) < 4.78 is 7.06. The van der Waals surface area contributed by atoms with E-state index in [9.17, 15) is 0 Å². The average molecular weight is 310 g/mol. The molecule has 0 unspecified atom stereocenters. The van der Waals surface area contributed by atoms with Crippen LogP contribution in [0.4, 0.5) is 0 Å². The molecular weight excluding hydrogens is 290 g/mol. The first-order chi connectivity index (χ1) is 8.52. The molecule has 2 rings (SSSR count). The first-order valence-electron chi connectivity index (χ1n) is 6.46. The molecule has 1 aromatic carbocycles. The molecule has 0 saturated carbocycles. The van der Waals surface area contributed by atoms with Gasteiger partial charge in [-0.1, -0.05) is 20.8 Å². The van der Waals surface area contributed by atoms with E-state index >= 15 is 0 Å². The summed E-state index contributed by atoms with van der Waals surface area (Å²) in [6.45, 7) is 9.38. The largest absolute Gasteiger partial charge is 0.458 e. The van der Waals surface area contributed by atoms with Gasteiger partial charge in [0.2, 0.25) is 0 Å². The van der Waals surface area contributed by atoms with Gasteiger partial charge < -0.3 is 9.73 Å². The van der Waals surface area contributed by atoms with E-state index in [2.05, 4.69) is 61.1 Å². The molecular formula is C15H20BrNO. The molecule has 0 spiro atoms. The summed E-state index contributed by atoms with van der Waals surface area (Å²) in [6.07, 6.45) is 0.998. The molecule has 2 nitrogen and oxygen atoms in total. The lowest BCUT2D eigenvalue weighted by Gasteiger charge is -2.06. The van der Waals surface area contributed by atoms with Crippen LogP contribution in [-0.4, -0.2) is 6.04 Å². The van der Waals surface area contributed by atoms with Gasteiger partial charge in [0, 0.05) is 17.0 Å². The second kappa shape index (κ2) is 5.45. The second-order valence-corrected chi connectivity index (χ2v) is 5.87. The summed E-state index contributed by atoms with van der Waals surface area (Å²) in [7, 11) is 0. The number of nitrogens with one attached hydrogen (secondary N) is 1. The van der Waals surface area contributed by atoms with Crippen LogP contribution >= 0.6 is 15.9 Å². The van der Waals surface area contributed by atoms with Crippen LogP contribution in [0.25, 0.3) is 11.0 Å². The molecule has 0 atom stereocenters. The maximum Gasteiger partial charge on any atom is 0.148 e. The molecule has 1 aromatic heterocycles. The molecule has 0 saturated heterocycles. The second-order valence-electron chi connectivity index (χ2n) is 5.02. The Morgan fingerprint density at radius 3 is 2.67 bits per heavy atom. The normalized spacial score (nSPS) is 11.7. The van der Waals surface area contributed by atoms with Crippen LogP contribution in [0.15, 0.2) is 21.0 Å². The Morgan fingerprint density at radius 1 is 1.33 bits per heavy atom. The minimum absolute atomic E-state index is 0.466. The zero-order valence-electron chi connectivity index (χ0n) is 11.4. The van der Waals surface area contributed by atoms with E-state index in [1.165, 1.54) is 16.5 Å². The van der Waals surface area contributed by atoms with Crippen LogP contribution in [0.3, 0.4) is 0 Å². The Hall–Kier alpha value is -0.800. The molecule has 3 heteroatoms. The van der Waals surface area contributed by atoms with Crippen LogP contribution in [0.2, 0.25) is 0 Å². The summed E-state index contributed by atoms with van der Waals surface area (Å²) in [5, 5.41) is 4.66. The number of furan rings is 1. The van der Waals surface area contributed by atoms with E-state index in [1.54, 1.807) is 0 Å². The van der Waals surface area contributed by atoms with Gasteiger partial charge in [0.05, 0.1) is 11.0 Å². The SMILES string of the molecule is CCc1c(CNC(C)C)oc2c(Br)cc(C)cc12. The Kier molecular flexibility index (Phi) is 4.13. The molecule has 98 valence electrons. The number of hydrogen-bond acceptors (Lipinski definition) is 2. The quantitative estimate of drug-likeness (QED) is 0.895. The van der Waals surface area contributed by atoms with Gasteiger partial charge in [0.15, 0.2) is 0 Å². The standard InChI is InChI=1S/C15H20BrNO/c1-5-11-12-6-10(4)7-13(16)15(12)18-14(11)8-17-9(2)3/h6-7,9,17H,5,8H2,1-4H3. The summed E-state index contributed by atoms with van der Waals surface area (Å²) in [4.78, 5) is 0. The zero-order chi connectivity index (χ0) is 13.3. The van der Waals surface area contributed by atoms with E-state index in [1.807, 2.05) is 0 Å². The predicted molar refractivity (Wildman–Crippen MR) is 80.0 cm³/mol. The lowest BCUT2D eigenvalue weighted by atomic mass is 10.1. The van der Waals surface area contributed by atoms with Crippen LogP contribution in [-0.2, 0) is 13.0 Å². The molecule has 0 aliphatic carbocycles. The van der Waals surface area contributed by atoms with Gasteiger partial charge in [-0.15, -0.1) is 0 Å². The fourth-order valence-electron chi connectivity index (χ4n) is 2.22. The van der Waals surface area contributed by atoms with Gasteiger partial charge >= 0.3 is 0 Å². The highest BCUT2D eigenvalue weighted by atomic mass is 79.9. The molecule has 1 heterocycles. The fourth-order valence-corrected chi connectivity index (χ4v) is 2.87. The maximum atomic E-state index is 6.02. The van der Waals surface area contributed by atoms with E-state index in [-0.39, 0.29) is 0 Å². The van der Waals surface area contributed by atoms with Crippen molar-refractivity contribution in [2.24, 2.45) is 0 Å². The number of aryl methyl sites for hydroxylation is 2. The number of fused-ring (bicyclic) bond motifs is 1. The van der Waals surface area contributed by atoms with Crippen molar-refractivity contribution < 1.29 is 4.42 Å². The lowest BCUT2D eigenvalue weighted by Crippen LogP contribution is -2.22. The van der Waals surface area contributed by atoms with Crippen molar-refractivity contribution >= 4 is 26.9 Å². The van der Waals surface area contributed by atoms with E-state index in [0.717, 1.165) is 28.8 Å². The molecule has 0 aliphatic rings. The van der Waals surface area contributed by atoms with Crippen LogP contribution in [0.1, 0.15) is 37.7 Å². The maximum absolute atomic E-state index is 6.02. The van der Waals surface area contributed by atoms with Crippen molar-refractivity contribution in [3.8, 4) is 0 Å². The highest BCUT2D eigenvalue weighted by Crippen LogP contribution is 2.33. The fraction of sp³-hybridized carbons (Fsp3) is 0.467. The summed E-state index contributed by atoms with van der Waals surface area (Å²) in [5.74, 6) is 1.06. The monoisotopic (exact) mass is 309 g/mol. The molecule has 2 aromatic rings. The highest BCUT2D eigenvalue weighted by molar-refractivity contribution is 9.10. The molecule has 0 amide bonds. The van der Waals surface area contributed by atoms with Crippen molar-refractivity contribution in [3.05, 3.63) is 33.5 Å². The third kappa shape index (κ3) is 2.62. The Balaban J connectivity index is 2.50. The molecule has 0 bridgehead atoms. The number of rotatable bonds is 4. The van der Waals surface area contributed by atoms with Gasteiger partial charge in [0.25, 0.3) is 0 Å². The van der Waals surface area contributed by atoms with Crippen LogP contribution < -0.4 is 5.32 Å². The van der Waals surface area contributed by atoms with E-state index < -0.39 is 0 Å². The first-order valence-corrected chi connectivity index (χ1v) is 7.26. The lowest BCUT2D eigenvalue weighted by molar-refractivity contribution is 0.483. The topological polar surface area (TPSA) is 25.2 Å². The van der Waals surface area contributed by atoms with Crippen molar-refractivity contribution in [1.82, 2.24) is 5.32 Å². The van der Waals surface area contributed by atoms with Crippen molar-refractivity contribution in [1.29, 1.82) is 0 Å². The van der Waals surface area contributed by atoms with E-state index in [0.29, 0.717) is 6.04 Å². The minimum Gasteiger partial charge on any atom is -0.458 e. The van der Waals surface area contributed by atoms with Gasteiger partial charge in [-0.05, 0) is 47.0 Å². The zero-order valence-corrected chi connectivity index (χ0v) is 13.0. The van der Waals surface area contributed by atoms with Crippen LogP contribution in [0, 0.1) is 6.92 Å². The van der Waals surface area contributed by atoms with Crippen LogP contribution in [0.5, 0.6) is 0 Å². The third-order valence-corrected chi connectivity index (χ3v) is 3.69. The average Bonchev–Trinajstić information content (AvgIpc) is 2.64. The Morgan fingerprint density at radius 2 is 2.06 bits per heavy atom. The minimum atomic E-state index is 0.466. The molecule has 0 aliphatic heterocycles. The summed E-state index contributed by atoms with van der Waals surface area (Å²) in [6, 6.07) is 4.78. The number of hydrogen-bond donors (Lipinski definition) is 1. The first kappa shape index (κ1) is 13.6. The van der Waals surface area contributed by atoms with Gasteiger partial charge in [-0.25, -0.2) is 0 Å². The Bertz CT molecular complexity index is 557. The van der Waals surface area contributed by atoms with Crippen molar-refractivity contribution in [3.63, 3.8) is 0 Å². The highest BCUT2D eigenvalue weighted by Gasteiger charge is 2.15. The Labute approximate surface area is 117 Å². The van der Waals surface area contributed by atoms with Crippen molar-refractivity contribution in [2.45, 2.75) is 46.7 Å². The predicted octanol–water partition coefficient (Wildman–Crippen LogP) is 4.56. The molecule has 0 radical (unpaired) electrons.